The van der Waals surface area contributed by atoms with Crippen LogP contribution in [0.2, 0.25) is 0 Å². The maximum atomic E-state index is 11.4. The molecule has 5 nitrogen and oxygen atoms in total. The number of nitrogens with one attached hydrogen (secondary N) is 1. The Bertz CT molecular complexity index is 502. The van der Waals surface area contributed by atoms with E-state index in [1.165, 1.54) is 5.56 Å². The number of amides is 1. The fourth-order valence-corrected chi connectivity index (χ4v) is 2.64. The van der Waals surface area contributed by atoms with Crippen molar-refractivity contribution in [3.05, 3.63) is 29.3 Å². The van der Waals surface area contributed by atoms with Crippen LogP contribution in [0.3, 0.4) is 0 Å². The van der Waals surface area contributed by atoms with Crippen molar-refractivity contribution in [2.45, 2.75) is 25.9 Å². The molecule has 0 bridgehead atoms. The third-order valence-corrected chi connectivity index (χ3v) is 3.86. The van der Waals surface area contributed by atoms with E-state index in [4.69, 9.17) is 10.5 Å². The first-order valence-corrected chi connectivity index (χ1v) is 7.39. The summed E-state index contributed by atoms with van der Waals surface area (Å²) < 4.78 is 5.48. The molecule has 1 heterocycles. The SMILES string of the molecule is CC1COCCC1Nc1cc(C(N)=O)ccc1CN(C)C. The molecular formula is C16H25N3O2. The minimum Gasteiger partial charge on any atom is -0.382 e. The van der Waals surface area contributed by atoms with E-state index >= 15 is 0 Å². The number of carbonyl (C=O) groups excluding carboxylic acids is 1. The zero-order valence-corrected chi connectivity index (χ0v) is 13.1. The molecule has 1 aromatic rings. The summed E-state index contributed by atoms with van der Waals surface area (Å²) in [7, 11) is 4.06. The van der Waals surface area contributed by atoms with Crippen LogP contribution in [0.4, 0.5) is 5.69 Å². The zero-order valence-electron chi connectivity index (χ0n) is 13.1. The van der Waals surface area contributed by atoms with Crippen molar-refractivity contribution >= 4 is 11.6 Å². The van der Waals surface area contributed by atoms with Gasteiger partial charge in [-0.2, -0.15) is 0 Å². The second kappa shape index (κ2) is 6.91. The van der Waals surface area contributed by atoms with Gasteiger partial charge >= 0.3 is 0 Å². The lowest BCUT2D eigenvalue weighted by atomic mass is 9.96. The summed E-state index contributed by atoms with van der Waals surface area (Å²) in [5.41, 5.74) is 8.11. The Morgan fingerprint density at radius 2 is 2.24 bits per heavy atom. The number of hydrogen-bond acceptors (Lipinski definition) is 4. The average Bonchev–Trinajstić information content (AvgIpc) is 2.42. The molecule has 116 valence electrons. The summed E-state index contributed by atoms with van der Waals surface area (Å²) in [5, 5.41) is 3.59. The number of nitrogens with two attached hydrogens (primary N) is 1. The molecule has 2 unspecified atom stereocenters. The summed E-state index contributed by atoms with van der Waals surface area (Å²) >= 11 is 0. The number of primary amides is 1. The highest BCUT2D eigenvalue weighted by molar-refractivity contribution is 5.94. The van der Waals surface area contributed by atoms with Crippen molar-refractivity contribution in [2.75, 3.05) is 32.6 Å². The topological polar surface area (TPSA) is 67.6 Å². The smallest absolute Gasteiger partial charge is 0.248 e. The number of carbonyl (C=O) groups is 1. The Morgan fingerprint density at radius 1 is 1.48 bits per heavy atom. The summed E-state index contributed by atoms with van der Waals surface area (Å²) in [4.78, 5) is 13.5. The van der Waals surface area contributed by atoms with Gasteiger partial charge in [0, 0.05) is 30.4 Å². The number of ether oxygens (including phenoxy) is 1. The highest BCUT2D eigenvalue weighted by Gasteiger charge is 2.22. The molecule has 0 radical (unpaired) electrons. The predicted molar refractivity (Wildman–Crippen MR) is 84.4 cm³/mol. The van der Waals surface area contributed by atoms with Crippen molar-refractivity contribution < 1.29 is 9.53 Å². The second-order valence-corrected chi connectivity index (χ2v) is 6.07. The van der Waals surface area contributed by atoms with E-state index in [1.807, 2.05) is 26.2 Å². The van der Waals surface area contributed by atoms with Gasteiger partial charge in [-0.25, -0.2) is 0 Å². The molecule has 1 aromatic carbocycles. The molecule has 0 aromatic heterocycles. The van der Waals surface area contributed by atoms with E-state index in [-0.39, 0.29) is 0 Å². The molecule has 0 saturated carbocycles. The van der Waals surface area contributed by atoms with Crippen molar-refractivity contribution in [3.8, 4) is 0 Å². The molecule has 1 fully saturated rings. The summed E-state index contributed by atoms with van der Waals surface area (Å²) in [6.45, 7) is 4.55. The van der Waals surface area contributed by atoms with Crippen LogP contribution in [0.15, 0.2) is 18.2 Å². The van der Waals surface area contributed by atoms with Gasteiger partial charge in [0.25, 0.3) is 0 Å². The molecule has 1 saturated heterocycles. The molecule has 1 aliphatic heterocycles. The second-order valence-electron chi connectivity index (χ2n) is 6.07. The first kappa shape index (κ1) is 15.8. The Labute approximate surface area is 126 Å². The summed E-state index contributed by atoms with van der Waals surface area (Å²) in [5.74, 6) is 0.0534. The number of nitrogens with zero attached hydrogens (tertiary/aromatic N) is 1. The predicted octanol–water partition coefficient (Wildman–Crippen LogP) is 1.68. The van der Waals surface area contributed by atoms with Gasteiger partial charge in [0.1, 0.15) is 0 Å². The molecule has 1 aliphatic rings. The van der Waals surface area contributed by atoms with E-state index in [2.05, 4.69) is 17.1 Å². The maximum absolute atomic E-state index is 11.4. The lowest BCUT2D eigenvalue weighted by Gasteiger charge is -2.31. The van der Waals surface area contributed by atoms with Crippen LogP contribution < -0.4 is 11.1 Å². The van der Waals surface area contributed by atoms with Gasteiger partial charge in [-0.1, -0.05) is 13.0 Å². The minimum absolute atomic E-state index is 0.364. The summed E-state index contributed by atoms with van der Waals surface area (Å²) in [6.07, 6.45) is 0.976. The third-order valence-electron chi connectivity index (χ3n) is 3.86. The van der Waals surface area contributed by atoms with Crippen LogP contribution in [-0.4, -0.2) is 44.2 Å². The van der Waals surface area contributed by atoms with Gasteiger partial charge in [0.2, 0.25) is 5.91 Å². The molecule has 2 atom stereocenters. The van der Waals surface area contributed by atoms with Gasteiger partial charge < -0.3 is 20.7 Å². The van der Waals surface area contributed by atoms with E-state index < -0.39 is 5.91 Å². The number of benzene rings is 1. The molecule has 0 aliphatic carbocycles. The van der Waals surface area contributed by atoms with Gasteiger partial charge in [0.05, 0.1) is 6.61 Å². The Morgan fingerprint density at radius 3 is 2.86 bits per heavy atom. The molecule has 21 heavy (non-hydrogen) atoms. The van der Waals surface area contributed by atoms with E-state index in [1.54, 1.807) is 6.07 Å². The number of anilines is 1. The fraction of sp³-hybridized carbons (Fsp3) is 0.562. The van der Waals surface area contributed by atoms with Gasteiger partial charge in [-0.3, -0.25) is 4.79 Å². The van der Waals surface area contributed by atoms with Crippen molar-refractivity contribution in [2.24, 2.45) is 11.7 Å². The molecule has 5 heteroatoms. The minimum atomic E-state index is -0.394. The molecule has 3 N–H and O–H groups in total. The Balaban J connectivity index is 2.24. The van der Waals surface area contributed by atoms with E-state index in [9.17, 15) is 4.79 Å². The number of hydrogen-bond donors (Lipinski definition) is 2. The highest BCUT2D eigenvalue weighted by atomic mass is 16.5. The van der Waals surface area contributed by atoms with Crippen molar-refractivity contribution in [1.29, 1.82) is 0 Å². The lowest BCUT2D eigenvalue weighted by molar-refractivity contribution is 0.0537. The van der Waals surface area contributed by atoms with Crippen molar-refractivity contribution in [3.63, 3.8) is 0 Å². The average molecular weight is 291 g/mol. The summed E-state index contributed by atoms with van der Waals surface area (Å²) in [6, 6.07) is 6.00. The van der Waals surface area contributed by atoms with Crippen LogP contribution in [0.25, 0.3) is 0 Å². The standard InChI is InChI=1S/C16H25N3O2/c1-11-10-21-7-6-14(11)18-15-8-12(16(17)20)4-5-13(15)9-19(2)3/h4-5,8,11,14,18H,6-7,9-10H2,1-3H3,(H2,17,20). The van der Waals surface area contributed by atoms with E-state index in [0.29, 0.717) is 17.5 Å². The van der Waals surface area contributed by atoms with Gasteiger partial charge in [0.15, 0.2) is 0 Å². The molecule has 2 rings (SSSR count). The van der Waals surface area contributed by atoms with Crippen LogP contribution in [-0.2, 0) is 11.3 Å². The maximum Gasteiger partial charge on any atom is 0.248 e. The quantitative estimate of drug-likeness (QED) is 0.866. The molecular weight excluding hydrogens is 266 g/mol. The largest absolute Gasteiger partial charge is 0.382 e. The highest BCUT2D eigenvalue weighted by Crippen LogP contribution is 2.24. The first-order valence-electron chi connectivity index (χ1n) is 7.39. The normalized spacial score (nSPS) is 22.3. The third kappa shape index (κ3) is 4.19. The van der Waals surface area contributed by atoms with Crippen LogP contribution in [0.1, 0.15) is 29.3 Å². The lowest BCUT2D eigenvalue weighted by Crippen LogP contribution is -2.36. The zero-order chi connectivity index (χ0) is 15.4. The van der Waals surface area contributed by atoms with E-state index in [0.717, 1.165) is 31.9 Å². The Kier molecular flexibility index (Phi) is 5.20. The van der Waals surface area contributed by atoms with Gasteiger partial charge in [-0.15, -0.1) is 0 Å². The molecule has 0 spiro atoms. The fourth-order valence-electron chi connectivity index (χ4n) is 2.64. The Hall–Kier alpha value is -1.59. The van der Waals surface area contributed by atoms with Gasteiger partial charge in [-0.05, 0) is 44.1 Å². The first-order chi connectivity index (χ1) is 9.97. The number of rotatable bonds is 5. The molecule has 1 amide bonds. The van der Waals surface area contributed by atoms with Crippen molar-refractivity contribution in [1.82, 2.24) is 4.90 Å². The van der Waals surface area contributed by atoms with Crippen LogP contribution >= 0.6 is 0 Å². The van der Waals surface area contributed by atoms with Crippen LogP contribution in [0.5, 0.6) is 0 Å². The monoisotopic (exact) mass is 291 g/mol. The van der Waals surface area contributed by atoms with Crippen LogP contribution in [0, 0.1) is 5.92 Å².